The van der Waals surface area contributed by atoms with Crippen molar-refractivity contribution in [3.05, 3.63) is 53.6 Å². The molecule has 5 heteroatoms. The van der Waals surface area contributed by atoms with E-state index in [4.69, 9.17) is 4.74 Å². The number of benzene rings is 1. The van der Waals surface area contributed by atoms with Crippen LogP contribution >= 0.6 is 0 Å². The minimum Gasteiger partial charge on any atom is -0.494 e. The zero-order valence-electron chi connectivity index (χ0n) is 12.3. The highest BCUT2D eigenvalue weighted by molar-refractivity contribution is 5.32. The summed E-state index contributed by atoms with van der Waals surface area (Å²) in [5, 5.41) is 11.1. The number of aromatic nitrogens is 2. The second kappa shape index (κ2) is 7.69. The lowest BCUT2D eigenvalue weighted by molar-refractivity contribution is 0.382. The third kappa shape index (κ3) is 3.98. The maximum Gasteiger partial charge on any atom is 0.168 e. The highest BCUT2D eigenvalue weighted by Gasteiger charge is 2.16. The molecule has 2 rings (SSSR count). The summed E-state index contributed by atoms with van der Waals surface area (Å²) in [5.41, 5.74) is 1.63. The molecule has 0 saturated heterocycles. The van der Waals surface area contributed by atoms with Crippen LogP contribution in [-0.4, -0.2) is 23.9 Å². The molecule has 1 unspecified atom stereocenters. The van der Waals surface area contributed by atoms with Gasteiger partial charge in [0, 0.05) is 12.2 Å². The SMILES string of the molecule is CCCNC(Cc1cccc(OC)c1F)c1ccnnc1. The van der Waals surface area contributed by atoms with Crippen LogP contribution in [0.25, 0.3) is 0 Å². The van der Waals surface area contributed by atoms with Gasteiger partial charge in [0.15, 0.2) is 11.6 Å². The Hall–Kier alpha value is -2.01. The van der Waals surface area contributed by atoms with E-state index in [1.165, 1.54) is 7.11 Å². The predicted molar refractivity (Wildman–Crippen MR) is 79.7 cm³/mol. The van der Waals surface area contributed by atoms with Gasteiger partial charge >= 0.3 is 0 Å². The largest absolute Gasteiger partial charge is 0.494 e. The lowest BCUT2D eigenvalue weighted by Gasteiger charge is -2.19. The van der Waals surface area contributed by atoms with Crippen LogP contribution in [0.1, 0.15) is 30.5 Å². The van der Waals surface area contributed by atoms with Crippen molar-refractivity contribution < 1.29 is 9.13 Å². The molecule has 0 amide bonds. The lowest BCUT2D eigenvalue weighted by Crippen LogP contribution is -2.24. The van der Waals surface area contributed by atoms with Gasteiger partial charge < -0.3 is 10.1 Å². The van der Waals surface area contributed by atoms with Gasteiger partial charge in [0.2, 0.25) is 0 Å². The Kier molecular flexibility index (Phi) is 5.63. The monoisotopic (exact) mass is 289 g/mol. The molecule has 2 aromatic rings. The molecule has 1 aromatic heterocycles. The second-order valence-corrected chi connectivity index (χ2v) is 4.82. The number of ether oxygens (including phenoxy) is 1. The van der Waals surface area contributed by atoms with Crippen LogP contribution < -0.4 is 10.1 Å². The first-order chi connectivity index (χ1) is 10.3. The summed E-state index contributed by atoms with van der Waals surface area (Å²) in [6.45, 7) is 2.96. The summed E-state index contributed by atoms with van der Waals surface area (Å²) in [7, 11) is 1.47. The number of hydrogen-bond donors (Lipinski definition) is 1. The van der Waals surface area contributed by atoms with Crippen LogP contribution in [0.3, 0.4) is 0 Å². The Morgan fingerprint density at radius 2 is 2.14 bits per heavy atom. The minimum atomic E-state index is -0.301. The van der Waals surface area contributed by atoms with Gasteiger partial charge in [0.1, 0.15) is 0 Å². The van der Waals surface area contributed by atoms with Crippen molar-refractivity contribution in [1.29, 1.82) is 0 Å². The number of methoxy groups -OCH3 is 1. The van der Waals surface area contributed by atoms with E-state index in [-0.39, 0.29) is 17.6 Å². The van der Waals surface area contributed by atoms with Crippen molar-refractivity contribution in [2.45, 2.75) is 25.8 Å². The summed E-state index contributed by atoms with van der Waals surface area (Å²) < 4.78 is 19.3. The van der Waals surface area contributed by atoms with Crippen LogP contribution in [-0.2, 0) is 6.42 Å². The average Bonchev–Trinajstić information content (AvgIpc) is 2.53. The fourth-order valence-electron chi connectivity index (χ4n) is 2.22. The average molecular weight is 289 g/mol. The molecule has 0 spiro atoms. The molecule has 0 aliphatic heterocycles. The number of hydrogen-bond acceptors (Lipinski definition) is 4. The molecule has 0 aliphatic carbocycles. The Morgan fingerprint density at radius 1 is 1.29 bits per heavy atom. The number of nitrogens with zero attached hydrogens (tertiary/aromatic N) is 2. The highest BCUT2D eigenvalue weighted by Crippen LogP contribution is 2.24. The molecule has 1 N–H and O–H groups in total. The Bertz CT molecular complexity index is 563. The van der Waals surface area contributed by atoms with Crippen molar-refractivity contribution in [2.75, 3.05) is 13.7 Å². The Balaban J connectivity index is 2.23. The van der Waals surface area contributed by atoms with Crippen LogP contribution in [0.15, 0.2) is 36.7 Å². The summed E-state index contributed by atoms with van der Waals surface area (Å²) in [5.74, 6) is -0.0279. The standard InChI is InChI=1S/C16H20FN3O/c1-3-8-18-14(13-7-9-19-20-11-13)10-12-5-4-6-15(21-2)16(12)17/h4-7,9,11,14,18H,3,8,10H2,1-2H3. The maximum absolute atomic E-state index is 14.3. The molecule has 1 heterocycles. The molecule has 0 bridgehead atoms. The summed E-state index contributed by atoms with van der Waals surface area (Å²) >= 11 is 0. The van der Waals surface area contributed by atoms with Crippen LogP contribution in [0.5, 0.6) is 5.75 Å². The summed E-state index contributed by atoms with van der Waals surface area (Å²) in [4.78, 5) is 0. The number of rotatable bonds is 7. The van der Waals surface area contributed by atoms with Crippen molar-refractivity contribution in [3.8, 4) is 5.75 Å². The van der Waals surface area contributed by atoms with E-state index in [9.17, 15) is 4.39 Å². The molecule has 0 radical (unpaired) electrons. The van der Waals surface area contributed by atoms with Gasteiger partial charge in [-0.05, 0) is 42.6 Å². The lowest BCUT2D eigenvalue weighted by atomic mass is 9.99. The van der Waals surface area contributed by atoms with Crippen molar-refractivity contribution >= 4 is 0 Å². The molecule has 4 nitrogen and oxygen atoms in total. The van der Waals surface area contributed by atoms with Gasteiger partial charge in [-0.25, -0.2) is 4.39 Å². The predicted octanol–water partition coefficient (Wildman–Crippen LogP) is 2.91. The molecular weight excluding hydrogens is 269 g/mol. The van der Waals surface area contributed by atoms with Gasteiger partial charge in [-0.3, -0.25) is 0 Å². The quantitative estimate of drug-likeness (QED) is 0.851. The van der Waals surface area contributed by atoms with Gasteiger partial charge in [-0.1, -0.05) is 19.1 Å². The fraction of sp³-hybridized carbons (Fsp3) is 0.375. The van der Waals surface area contributed by atoms with E-state index < -0.39 is 0 Å². The number of nitrogens with one attached hydrogen (secondary N) is 1. The van der Waals surface area contributed by atoms with Gasteiger partial charge in [0.25, 0.3) is 0 Å². The van der Waals surface area contributed by atoms with E-state index in [1.54, 1.807) is 30.6 Å². The first-order valence-corrected chi connectivity index (χ1v) is 7.07. The smallest absolute Gasteiger partial charge is 0.168 e. The maximum atomic E-state index is 14.3. The van der Waals surface area contributed by atoms with Gasteiger partial charge in [-0.2, -0.15) is 10.2 Å². The molecule has 0 saturated carbocycles. The van der Waals surface area contributed by atoms with E-state index in [1.807, 2.05) is 6.07 Å². The number of halogens is 1. The fourth-order valence-corrected chi connectivity index (χ4v) is 2.22. The topological polar surface area (TPSA) is 47.0 Å². The summed E-state index contributed by atoms with van der Waals surface area (Å²) in [6.07, 6.45) is 4.91. The molecule has 21 heavy (non-hydrogen) atoms. The van der Waals surface area contributed by atoms with Gasteiger partial charge in [-0.15, -0.1) is 0 Å². The van der Waals surface area contributed by atoms with E-state index in [0.717, 1.165) is 18.5 Å². The van der Waals surface area contributed by atoms with E-state index in [2.05, 4.69) is 22.4 Å². The first kappa shape index (κ1) is 15.4. The van der Waals surface area contributed by atoms with Crippen molar-refractivity contribution in [3.63, 3.8) is 0 Å². The third-order valence-electron chi connectivity index (χ3n) is 3.34. The normalized spacial score (nSPS) is 12.1. The van der Waals surface area contributed by atoms with Crippen LogP contribution in [0.2, 0.25) is 0 Å². The highest BCUT2D eigenvalue weighted by atomic mass is 19.1. The van der Waals surface area contributed by atoms with E-state index >= 15 is 0 Å². The first-order valence-electron chi connectivity index (χ1n) is 7.07. The second-order valence-electron chi connectivity index (χ2n) is 4.82. The molecule has 0 aliphatic rings. The van der Waals surface area contributed by atoms with Crippen molar-refractivity contribution in [1.82, 2.24) is 15.5 Å². The molecule has 112 valence electrons. The Morgan fingerprint density at radius 3 is 2.81 bits per heavy atom. The molecule has 1 aromatic carbocycles. The van der Waals surface area contributed by atoms with E-state index in [0.29, 0.717) is 12.0 Å². The summed E-state index contributed by atoms with van der Waals surface area (Å²) in [6, 6.07) is 7.12. The molecule has 0 fully saturated rings. The van der Waals surface area contributed by atoms with Crippen molar-refractivity contribution in [2.24, 2.45) is 0 Å². The zero-order valence-corrected chi connectivity index (χ0v) is 12.3. The Labute approximate surface area is 124 Å². The van der Waals surface area contributed by atoms with Crippen LogP contribution in [0.4, 0.5) is 4.39 Å². The van der Waals surface area contributed by atoms with Crippen LogP contribution in [0, 0.1) is 5.82 Å². The zero-order chi connectivity index (χ0) is 15.1. The third-order valence-corrected chi connectivity index (χ3v) is 3.34. The minimum absolute atomic E-state index is 0.00190. The molecule has 1 atom stereocenters. The molecular formula is C16H20FN3O. The van der Waals surface area contributed by atoms with Gasteiger partial charge in [0.05, 0.1) is 13.3 Å².